The van der Waals surface area contributed by atoms with E-state index in [1.54, 1.807) is 6.92 Å². The molecule has 1 heterocycles. The molecule has 1 atom stereocenters. The van der Waals surface area contributed by atoms with Crippen LogP contribution in [0.3, 0.4) is 0 Å². The van der Waals surface area contributed by atoms with Crippen molar-refractivity contribution in [3.05, 3.63) is 12.2 Å². The smallest absolute Gasteiger partial charge is 0.315 e. The molecule has 0 aliphatic carbocycles. The van der Waals surface area contributed by atoms with Crippen LogP contribution < -0.4 is 16.0 Å². The fourth-order valence-electron chi connectivity index (χ4n) is 1.19. The molecule has 0 aromatic rings. The maximum atomic E-state index is 11.1. The molecule has 0 radical (unpaired) electrons. The van der Waals surface area contributed by atoms with Crippen molar-refractivity contribution in [2.24, 2.45) is 0 Å². The Bertz CT molecular complexity index is 263. The zero-order chi connectivity index (χ0) is 10.6. The van der Waals surface area contributed by atoms with Crippen LogP contribution in [0.4, 0.5) is 4.79 Å². The Morgan fingerprint density at radius 2 is 2.43 bits per heavy atom. The third-order valence-corrected chi connectivity index (χ3v) is 2.01. The molecule has 5 nitrogen and oxygen atoms in total. The number of urea groups is 1. The van der Waals surface area contributed by atoms with Crippen LogP contribution in [0.1, 0.15) is 13.3 Å². The fourth-order valence-corrected chi connectivity index (χ4v) is 1.19. The van der Waals surface area contributed by atoms with E-state index < -0.39 is 0 Å². The van der Waals surface area contributed by atoms with Crippen molar-refractivity contribution >= 4 is 11.9 Å². The average Bonchev–Trinajstić information content (AvgIpc) is 2.51. The second-order valence-corrected chi connectivity index (χ2v) is 3.38. The van der Waals surface area contributed by atoms with Crippen molar-refractivity contribution in [1.29, 1.82) is 0 Å². The zero-order valence-corrected chi connectivity index (χ0v) is 8.22. The van der Waals surface area contributed by atoms with Gasteiger partial charge >= 0.3 is 6.03 Å². The molecular weight excluding hydrogens is 182 g/mol. The first kappa shape index (κ1) is 10.6. The first-order valence-electron chi connectivity index (χ1n) is 4.57. The van der Waals surface area contributed by atoms with Gasteiger partial charge in [-0.15, -0.1) is 0 Å². The van der Waals surface area contributed by atoms with Gasteiger partial charge in [0.15, 0.2) is 0 Å². The summed E-state index contributed by atoms with van der Waals surface area (Å²) >= 11 is 0. The van der Waals surface area contributed by atoms with Gasteiger partial charge in [0.1, 0.15) is 0 Å². The van der Waals surface area contributed by atoms with Crippen LogP contribution in [0.15, 0.2) is 12.2 Å². The lowest BCUT2D eigenvalue weighted by molar-refractivity contribution is -0.117. The van der Waals surface area contributed by atoms with Crippen molar-refractivity contribution in [1.82, 2.24) is 16.0 Å². The van der Waals surface area contributed by atoms with E-state index in [0.29, 0.717) is 18.7 Å². The van der Waals surface area contributed by atoms with Gasteiger partial charge in [0.25, 0.3) is 0 Å². The van der Waals surface area contributed by atoms with Crippen LogP contribution in [0.25, 0.3) is 0 Å². The highest BCUT2D eigenvalue weighted by atomic mass is 16.2. The number of nitrogens with one attached hydrogen (secondary N) is 3. The molecule has 0 bridgehead atoms. The minimum absolute atomic E-state index is 0.118. The van der Waals surface area contributed by atoms with Crippen LogP contribution in [-0.2, 0) is 4.79 Å². The maximum absolute atomic E-state index is 11.1. The summed E-state index contributed by atoms with van der Waals surface area (Å²) in [4.78, 5) is 21.8. The van der Waals surface area contributed by atoms with Gasteiger partial charge in [0.2, 0.25) is 5.91 Å². The average molecular weight is 197 g/mol. The van der Waals surface area contributed by atoms with Gasteiger partial charge in [0.05, 0.1) is 0 Å². The van der Waals surface area contributed by atoms with E-state index >= 15 is 0 Å². The first-order chi connectivity index (χ1) is 6.59. The summed E-state index contributed by atoms with van der Waals surface area (Å²) < 4.78 is 0. The van der Waals surface area contributed by atoms with Gasteiger partial charge < -0.3 is 16.0 Å². The Kier molecular flexibility index (Phi) is 3.50. The van der Waals surface area contributed by atoms with Crippen LogP contribution in [-0.4, -0.2) is 31.1 Å². The molecule has 0 spiro atoms. The predicted octanol–water partition coefficient (Wildman–Crippen LogP) is -0.250. The lowest BCUT2D eigenvalue weighted by Crippen LogP contribution is -2.32. The zero-order valence-electron chi connectivity index (χ0n) is 8.22. The van der Waals surface area contributed by atoms with Gasteiger partial charge in [-0.1, -0.05) is 6.58 Å². The normalized spacial score (nSPS) is 19.8. The highest BCUT2D eigenvalue weighted by molar-refractivity contribution is 5.92. The Morgan fingerprint density at radius 3 is 2.93 bits per heavy atom. The molecule has 3 amide bonds. The molecule has 1 aliphatic heterocycles. The molecule has 0 aromatic carbocycles. The largest absolute Gasteiger partial charge is 0.352 e. The second-order valence-electron chi connectivity index (χ2n) is 3.38. The van der Waals surface area contributed by atoms with Crippen molar-refractivity contribution in [3.8, 4) is 0 Å². The molecule has 78 valence electrons. The lowest BCUT2D eigenvalue weighted by atomic mass is 10.2. The van der Waals surface area contributed by atoms with Crippen LogP contribution in [0, 0.1) is 0 Å². The summed E-state index contributed by atoms with van der Waals surface area (Å²) in [6.07, 6.45) is 0.734. The number of amides is 3. The summed E-state index contributed by atoms with van der Waals surface area (Å²) in [5.41, 5.74) is 0.499. The van der Waals surface area contributed by atoms with E-state index in [1.807, 2.05) is 0 Å². The molecule has 1 fully saturated rings. The SMILES string of the molecule is C=C(C)C(=O)NCCC1CNC(=O)N1. The van der Waals surface area contributed by atoms with Crippen LogP contribution in [0.5, 0.6) is 0 Å². The minimum atomic E-state index is -0.138. The number of carbonyl (C=O) groups excluding carboxylic acids is 2. The van der Waals surface area contributed by atoms with Gasteiger partial charge in [0, 0.05) is 24.7 Å². The van der Waals surface area contributed by atoms with E-state index in [0.717, 1.165) is 6.42 Å². The van der Waals surface area contributed by atoms with Gasteiger partial charge in [-0.2, -0.15) is 0 Å². The van der Waals surface area contributed by atoms with Gasteiger partial charge in [-0.3, -0.25) is 4.79 Å². The van der Waals surface area contributed by atoms with Crippen molar-refractivity contribution in [2.45, 2.75) is 19.4 Å². The van der Waals surface area contributed by atoms with Crippen LogP contribution in [0.2, 0.25) is 0 Å². The van der Waals surface area contributed by atoms with Crippen LogP contribution >= 0.6 is 0 Å². The van der Waals surface area contributed by atoms with E-state index in [1.165, 1.54) is 0 Å². The topological polar surface area (TPSA) is 70.2 Å². The maximum Gasteiger partial charge on any atom is 0.315 e. The lowest BCUT2D eigenvalue weighted by Gasteiger charge is -2.09. The summed E-state index contributed by atoms with van der Waals surface area (Å²) in [7, 11) is 0. The highest BCUT2D eigenvalue weighted by Crippen LogP contribution is 1.95. The standard InChI is InChI=1S/C9H15N3O2/c1-6(2)8(13)10-4-3-7-5-11-9(14)12-7/h7H,1,3-5H2,2H3,(H,10,13)(H2,11,12,14). The van der Waals surface area contributed by atoms with E-state index in [-0.39, 0.29) is 18.0 Å². The first-order valence-corrected chi connectivity index (χ1v) is 4.57. The monoisotopic (exact) mass is 197 g/mol. The number of carbonyl (C=O) groups is 2. The van der Waals surface area contributed by atoms with Gasteiger partial charge in [-0.25, -0.2) is 4.79 Å². The number of hydrogen-bond acceptors (Lipinski definition) is 2. The Hall–Kier alpha value is -1.52. The molecule has 3 N–H and O–H groups in total. The summed E-state index contributed by atoms with van der Waals surface area (Å²) in [5.74, 6) is -0.137. The van der Waals surface area contributed by atoms with E-state index in [2.05, 4.69) is 22.5 Å². The quantitative estimate of drug-likeness (QED) is 0.544. The van der Waals surface area contributed by atoms with E-state index in [9.17, 15) is 9.59 Å². The third-order valence-electron chi connectivity index (χ3n) is 2.01. The summed E-state index contributed by atoms with van der Waals surface area (Å²) in [6.45, 7) is 6.37. The Balaban J connectivity index is 2.13. The van der Waals surface area contributed by atoms with Crippen molar-refractivity contribution in [3.63, 3.8) is 0 Å². The predicted molar refractivity (Wildman–Crippen MR) is 52.8 cm³/mol. The highest BCUT2D eigenvalue weighted by Gasteiger charge is 2.19. The Labute approximate surface area is 82.9 Å². The number of rotatable bonds is 4. The van der Waals surface area contributed by atoms with Crippen molar-refractivity contribution < 1.29 is 9.59 Å². The summed E-state index contributed by atoms with van der Waals surface area (Å²) in [5, 5.41) is 8.09. The molecule has 0 saturated carbocycles. The molecule has 1 rings (SSSR count). The summed E-state index contributed by atoms with van der Waals surface area (Å²) in [6, 6.07) is -0.0193. The van der Waals surface area contributed by atoms with Crippen molar-refractivity contribution in [2.75, 3.05) is 13.1 Å². The molecular formula is C9H15N3O2. The molecule has 1 saturated heterocycles. The molecule has 5 heteroatoms. The van der Waals surface area contributed by atoms with E-state index in [4.69, 9.17) is 0 Å². The molecule has 0 aromatic heterocycles. The number of hydrogen-bond donors (Lipinski definition) is 3. The fraction of sp³-hybridized carbons (Fsp3) is 0.556. The molecule has 1 unspecified atom stereocenters. The second kappa shape index (κ2) is 4.64. The molecule has 14 heavy (non-hydrogen) atoms. The molecule has 1 aliphatic rings. The minimum Gasteiger partial charge on any atom is -0.352 e. The van der Waals surface area contributed by atoms with Gasteiger partial charge in [-0.05, 0) is 13.3 Å². The Morgan fingerprint density at radius 1 is 1.71 bits per heavy atom. The third kappa shape index (κ3) is 3.08.